The van der Waals surface area contributed by atoms with E-state index >= 15 is 0 Å². The summed E-state index contributed by atoms with van der Waals surface area (Å²) in [5, 5.41) is 0.855. The molecule has 1 aromatic heterocycles. The Morgan fingerprint density at radius 1 is 1.14 bits per heavy atom. The fraction of sp³-hybridized carbons (Fsp3) is 0.333. The fourth-order valence-electron chi connectivity index (χ4n) is 2.88. The molecule has 0 spiro atoms. The van der Waals surface area contributed by atoms with E-state index in [0.29, 0.717) is 12.5 Å². The van der Waals surface area contributed by atoms with E-state index < -0.39 is 10.0 Å². The average molecular weight is 432 g/mol. The molecule has 1 amide bonds. The molecular formula is C21H25N3O3S2. The predicted octanol–water partition coefficient (Wildman–Crippen LogP) is 3.75. The summed E-state index contributed by atoms with van der Waals surface area (Å²) in [6.07, 6.45) is 0.0880. The van der Waals surface area contributed by atoms with Crippen LogP contribution in [-0.4, -0.2) is 37.8 Å². The molecule has 0 radical (unpaired) electrons. The third-order valence-corrected chi connectivity index (χ3v) is 7.12. The van der Waals surface area contributed by atoms with Crippen molar-refractivity contribution in [2.24, 2.45) is 0 Å². The molecule has 154 valence electrons. The zero-order valence-corrected chi connectivity index (χ0v) is 18.4. The van der Waals surface area contributed by atoms with Crippen LogP contribution < -0.4 is 4.72 Å². The van der Waals surface area contributed by atoms with Crippen LogP contribution in [0.25, 0.3) is 10.2 Å². The second kappa shape index (κ2) is 9.02. The van der Waals surface area contributed by atoms with Gasteiger partial charge in [0.15, 0.2) is 0 Å². The number of benzene rings is 2. The summed E-state index contributed by atoms with van der Waals surface area (Å²) in [6.45, 7) is 4.56. The van der Waals surface area contributed by atoms with Crippen LogP contribution in [0.5, 0.6) is 0 Å². The van der Waals surface area contributed by atoms with Crippen LogP contribution >= 0.6 is 11.3 Å². The van der Waals surface area contributed by atoms with Gasteiger partial charge in [0.2, 0.25) is 15.9 Å². The first kappa shape index (κ1) is 21.4. The topological polar surface area (TPSA) is 79.4 Å². The van der Waals surface area contributed by atoms with Crippen molar-refractivity contribution in [3.8, 4) is 0 Å². The van der Waals surface area contributed by atoms with Gasteiger partial charge < -0.3 is 4.90 Å². The van der Waals surface area contributed by atoms with E-state index in [9.17, 15) is 13.2 Å². The van der Waals surface area contributed by atoms with Gasteiger partial charge in [-0.05, 0) is 35.7 Å². The highest BCUT2D eigenvalue weighted by Crippen LogP contribution is 2.22. The molecule has 3 aromatic rings. The van der Waals surface area contributed by atoms with Crippen molar-refractivity contribution < 1.29 is 13.2 Å². The average Bonchev–Trinajstić information content (AvgIpc) is 3.10. The summed E-state index contributed by atoms with van der Waals surface area (Å²) in [7, 11) is -1.93. The monoisotopic (exact) mass is 431 g/mol. The number of sulfonamides is 1. The number of carbonyl (C=O) groups excluding carboxylic acids is 1. The molecule has 8 heteroatoms. The maximum atomic E-state index is 12.4. The van der Waals surface area contributed by atoms with E-state index in [-0.39, 0.29) is 23.8 Å². The van der Waals surface area contributed by atoms with Crippen LogP contribution in [0.4, 0.5) is 0 Å². The number of amides is 1. The number of aromatic nitrogens is 1. The standard InChI is InChI=1S/C21H25N3O3S2/c1-15(2)16-8-10-17(11-9-16)29(26,27)22-13-12-21(25)24(3)14-20-23-18-6-4-5-7-19(18)28-20/h4-11,15,22H,12-14H2,1-3H3. The number of carbonyl (C=O) groups is 1. The minimum Gasteiger partial charge on any atom is -0.339 e. The molecule has 29 heavy (non-hydrogen) atoms. The largest absolute Gasteiger partial charge is 0.339 e. The molecule has 0 aliphatic rings. The maximum Gasteiger partial charge on any atom is 0.240 e. The number of hydrogen-bond donors (Lipinski definition) is 1. The minimum atomic E-state index is -3.63. The molecule has 6 nitrogen and oxygen atoms in total. The van der Waals surface area contributed by atoms with Gasteiger partial charge in [-0.2, -0.15) is 0 Å². The van der Waals surface area contributed by atoms with Crippen molar-refractivity contribution in [3.05, 3.63) is 59.1 Å². The molecule has 3 rings (SSSR count). The lowest BCUT2D eigenvalue weighted by atomic mass is 10.0. The van der Waals surface area contributed by atoms with E-state index in [1.54, 1.807) is 35.4 Å². The van der Waals surface area contributed by atoms with Crippen molar-refractivity contribution in [1.82, 2.24) is 14.6 Å². The molecule has 0 aliphatic heterocycles. The number of nitrogens with one attached hydrogen (secondary N) is 1. The third kappa shape index (κ3) is 5.41. The molecule has 2 aromatic carbocycles. The van der Waals surface area contributed by atoms with Gasteiger partial charge in [-0.1, -0.05) is 38.1 Å². The van der Waals surface area contributed by atoms with Crippen LogP contribution in [0.2, 0.25) is 0 Å². The number of hydrogen-bond acceptors (Lipinski definition) is 5. The Morgan fingerprint density at radius 2 is 1.83 bits per heavy atom. The molecule has 0 unspecified atom stereocenters. The molecule has 0 atom stereocenters. The van der Waals surface area contributed by atoms with E-state index in [4.69, 9.17) is 0 Å². The van der Waals surface area contributed by atoms with Gasteiger partial charge in [-0.25, -0.2) is 18.1 Å². The van der Waals surface area contributed by atoms with E-state index in [1.165, 1.54) is 0 Å². The quantitative estimate of drug-likeness (QED) is 0.589. The summed E-state index contributed by atoms with van der Waals surface area (Å²) in [6, 6.07) is 14.7. The summed E-state index contributed by atoms with van der Waals surface area (Å²) in [4.78, 5) is 18.7. The van der Waals surface area contributed by atoms with Gasteiger partial charge in [0.25, 0.3) is 0 Å². The minimum absolute atomic E-state index is 0.0529. The zero-order valence-electron chi connectivity index (χ0n) is 16.8. The first-order valence-corrected chi connectivity index (χ1v) is 11.7. The second-order valence-electron chi connectivity index (χ2n) is 7.20. The smallest absolute Gasteiger partial charge is 0.240 e. The molecule has 1 N–H and O–H groups in total. The van der Waals surface area contributed by atoms with Crippen LogP contribution in [-0.2, 0) is 21.4 Å². The number of rotatable bonds is 8. The Balaban J connectivity index is 1.52. The number of nitrogens with zero attached hydrogens (tertiary/aromatic N) is 2. The molecule has 0 fully saturated rings. The third-order valence-electron chi connectivity index (χ3n) is 4.62. The maximum absolute atomic E-state index is 12.4. The van der Waals surface area contributed by atoms with Gasteiger partial charge in [-0.3, -0.25) is 4.79 Å². The zero-order chi connectivity index (χ0) is 21.0. The second-order valence-corrected chi connectivity index (χ2v) is 10.1. The summed E-state index contributed by atoms with van der Waals surface area (Å²) >= 11 is 1.55. The number of para-hydroxylation sites is 1. The van der Waals surface area contributed by atoms with Crippen molar-refractivity contribution in [2.45, 2.75) is 37.6 Å². The molecule has 1 heterocycles. The van der Waals surface area contributed by atoms with Crippen molar-refractivity contribution in [2.75, 3.05) is 13.6 Å². The lowest BCUT2D eigenvalue weighted by molar-refractivity contribution is -0.130. The Bertz CT molecular complexity index is 1060. The first-order valence-electron chi connectivity index (χ1n) is 9.44. The SMILES string of the molecule is CC(C)c1ccc(S(=O)(=O)NCCC(=O)N(C)Cc2nc3ccccc3s2)cc1. The van der Waals surface area contributed by atoms with Gasteiger partial charge >= 0.3 is 0 Å². The number of thiazole rings is 1. The summed E-state index contributed by atoms with van der Waals surface area (Å²) in [5.74, 6) is 0.199. The van der Waals surface area contributed by atoms with E-state index in [1.807, 2.05) is 36.4 Å². The molecule has 0 saturated carbocycles. The van der Waals surface area contributed by atoms with Crippen LogP contribution in [0.1, 0.15) is 36.8 Å². The Kier molecular flexibility index (Phi) is 6.66. The van der Waals surface area contributed by atoms with E-state index in [0.717, 1.165) is 20.8 Å². The Hall–Kier alpha value is -2.29. The summed E-state index contributed by atoms with van der Waals surface area (Å²) in [5.41, 5.74) is 2.00. The normalized spacial score (nSPS) is 11.9. The van der Waals surface area contributed by atoms with Gasteiger partial charge in [0.05, 0.1) is 21.7 Å². The van der Waals surface area contributed by atoms with Crippen LogP contribution in [0, 0.1) is 0 Å². The van der Waals surface area contributed by atoms with Crippen LogP contribution in [0.3, 0.4) is 0 Å². The highest BCUT2D eigenvalue weighted by Gasteiger charge is 2.16. The van der Waals surface area contributed by atoms with Crippen LogP contribution in [0.15, 0.2) is 53.4 Å². The predicted molar refractivity (Wildman–Crippen MR) is 116 cm³/mol. The van der Waals surface area contributed by atoms with Crippen molar-refractivity contribution in [1.29, 1.82) is 0 Å². The molecule has 0 aliphatic carbocycles. The fourth-order valence-corrected chi connectivity index (χ4v) is 4.93. The van der Waals surface area contributed by atoms with Crippen molar-refractivity contribution in [3.63, 3.8) is 0 Å². The summed E-state index contributed by atoms with van der Waals surface area (Å²) < 4.78 is 28.4. The Labute approximate surface area is 175 Å². The van der Waals surface area contributed by atoms with Crippen molar-refractivity contribution >= 4 is 37.5 Å². The lowest BCUT2D eigenvalue weighted by Gasteiger charge is -2.16. The first-order chi connectivity index (χ1) is 13.8. The lowest BCUT2D eigenvalue weighted by Crippen LogP contribution is -2.31. The van der Waals surface area contributed by atoms with Gasteiger partial charge in [0, 0.05) is 20.0 Å². The van der Waals surface area contributed by atoms with Gasteiger partial charge in [-0.15, -0.1) is 11.3 Å². The molecule has 0 saturated heterocycles. The highest BCUT2D eigenvalue weighted by molar-refractivity contribution is 7.89. The van der Waals surface area contributed by atoms with E-state index in [2.05, 4.69) is 23.6 Å². The number of fused-ring (bicyclic) bond motifs is 1. The molecule has 0 bridgehead atoms. The van der Waals surface area contributed by atoms with Gasteiger partial charge in [0.1, 0.15) is 5.01 Å². The highest BCUT2D eigenvalue weighted by atomic mass is 32.2. The molecular weight excluding hydrogens is 406 g/mol. The Morgan fingerprint density at radius 3 is 2.48 bits per heavy atom.